The fraction of sp³-hybridized carbons (Fsp3) is 0.105. The lowest BCUT2D eigenvalue weighted by Gasteiger charge is -2.08. The number of benzene rings is 2. The summed E-state index contributed by atoms with van der Waals surface area (Å²) in [4.78, 5) is 28.6. The molecule has 3 aromatic rings. The minimum atomic E-state index is -0.664. The highest BCUT2D eigenvalue weighted by Crippen LogP contribution is 2.24. The van der Waals surface area contributed by atoms with E-state index in [-0.39, 0.29) is 10.6 Å². The van der Waals surface area contributed by atoms with E-state index < -0.39 is 18.5 Å². The van der Waals surface area contributed by atoms with E-state index in [1.807, 2.05) is 30.5 Å². The molecule has 8 heteroatoms. The third-order valence-electron chi connectivity index (χ3n) is 3.54. The van der Waals surface area contributed by atoms with E-state index in [1.165, 1.54) is 0 Å². The second-order valence-corrected chi connectivity index (χ2v) is 7.97. The number of aromatic nitrogens is 1. The SMILES string of the molecule is Cc1nc(-c2cccc(NC(=O)COC(=O)c3cc(Br)ccc3Cl)c2)cs1. The van der Waals surface area contributed by atoms with E-state index in [0.29, 0.717) is 10.2 Å². The number of thiazole rings is 1. The molecule has 1 heterocycles. The number of halogens is 2. The number of esters is 1. The van der Waals surface area contributed by atoms with Crippen LogP contribution in [0.15, 0.2) is 52.3 Å². The summed E-state index contributed by atoms with van der Waals surface area (Å²) < 4.78 is 5.74. The van der Waals surface area contributed by atoms with Crippen LogP contribution in [0.1, 0.15) is 15.4 Å². The lowest BCUT2D eigenvalue weighted by molar-refractivity contribution is -0.119. The van der Waals surface area contributed by atoms with Crippen LogP contribution in [0.5, 0.6) is 0 Å². The first-order chi connectivity index (χ1) is 12.9. The Kier molecular flexibility index (Phi) is 6.26. The Balaban J connectivity index is 1.61. The molecule has 0 spiro atoms. The lowest BCUT2D eigenvalue weighted by atomic mass is 10.1. The molecule has 0 unspecified atom stereocenters. The normalized spacial score (nSPS) is 10.5. The molecule has 5 nitrogen and oxygen atoms in total. The first-order valence-electron chi connectivity index (χ1n) is 7.87. The molecule has 2 aromatic carbocycles. The molecular weight excluding hydrogens is 452 g/mol. The molecule has 0 aliphatic heterocycles. The third-order valence-corrected chi connectivity index (χ3v) is 5.14. The molecule has 3 rings (SSSR count). The number of amides is 1. The van der Waals surface area contributed by atoms with E-state index in [2.05, 4.69) is 26.2 Å². The van der Waals surface area contributed by atoms with E-state index in [0.717, 1.165) is 16.3 Å². The summed E-state index contributed by atoms with van der Waals surface area (Å²) in [6, 6.07) is 12.2. The zero-order valence-corrected chi connectivity index (χ0v) is 17.3. The van der Waals surface area contributed by atoms with Gasteiger partial charge in [0.05, 0.1) is 21.3 Å². The van der Waals surface area contributed by atoms with Crippen LogP contribution < -0.4 is 5.32 Å². The van der Waals surface area contributed by atoms with Gasteiger partial charge in [0, 0.05) is 21.1 Å². The predicted octanol–water partition coefficient (Wildman–Crippen LogP) is 5.33. The van der Waals surface area contributed by atoms with Crippen molar-refractivity contribution in [3.05, 3.63) is 67.9 Å². The number of rotatable bonds is 5. The van der Waals surface area contributed by atoms with Gasteiger partial charge in [-0.25, -0.2) is 9.78 Å². The van der Waals surface area contributed by atoms with Crippen molar-refractivity contribution in [1.29, 1.82) is 0 Å². The van der Waals surface area contributed by atoms with Gasteiger partial charge in [0.25, 0.3) is 5.91 Å². The molecule has 1 aromatic heterocycles. The number of hydrogen-bond donors (Lipinski definition) is 1. The van der Waals surface area contributed by atoms with Gasteiger partial charge in [-0.05, 0) is 37.3 Å². The first kappa shape index (κ1) is 19.5. The van der Waals surface area contributed by atoms with Crippen LogP contribution in [-0.4, -0.2) is 23.5 Å². The van der Waals surface area contributed by atoms with Gasteiger partial charge < -0.3 is 10.1 Å². The van der Waals surface area contributed by atoms with Crippen molar-refractivity contribution < 1.29 is 14.3 Å². The van der Waals surface area contributed by atoms with Crippen LogP contribution in [0.2, 0.25) is 5.02 Å². The molecule has 1 amide bonds. The third kappa shape index (κ3) is 5.15. The monoisotopic (exact) mass is 464 g/mol. The van der Waals surface area contributed by atoms with E-state index in [9.17, 15) is 9.59 Å². The second kappa shape index (κ2) is 8.65. The van der Waals surface area contributed by atoms with E-state index >= 15 is 0 Å². The number of nitrogens with zero attached hydrogens (tertiary/aromatic N) is 1. The second-order valence-electron chi connectivity index (χ2n) is 5.58. The van der Waals surface area contributed by atoms with Gasteiger partial charge in [-0.2, -0.15) is 0 Å². The van der Waals surface area contributed by atoms with Gasteiger partial charge in [-0.3, -0.25) is 4.79 Å². The molecule has 0 saturated heterocycles. The molecule has 138 valence electrons. The summed E-state index contributed by atoms with van der Waals surface area (Å²) in [5.41, 5.74) is 2.54. The Bertz CT molecular complexity index is 1010. The summed E-state index contributed by atoms with van der Waals surface area (Å²) in [5, 5.41) is 5.90. The fourth-order valence-electron chi connectivity index (χ4n) is 2.31. The quantitative estimate of drug-likeness (QED) is 0.517. The molecule has 0 atom stereocenters. The molecular formula is C19H14BrClN2O3S. The highest BCUT2D eigenvalue weighted by atomic mass is 79.9. The number of aryl methyl sites for hydroxylation is 1. The van der Waals surface area contributed by atoms with Crippen molar-refractivity contribution in [3.63, 3.8) is 0 Å². The molecule has 0 bridgehead atoms. The fourth-order valence-corrected chi connectivity index (χ4v) is 3.49. The van der Waals surface area contributed by atoms with Crippen LogP contribution in [0.3, 0.4) is 0 Å². The Labute approximate surface area is 173 Å². The Morgan fingerprint density at radius 1 is 1.26 bits per heavy atom. The first-order valence-corrected chi connectivity index (χ1v) is 9.92. The van der Waals surface area contributed by atoms with Crippen LogP contribution in [-0.2, 0) is 9.53 Å². The van der Waals surface area contributed by atoms with Crippen molar-refractivity contribution in [2.24, 2.45) is 0 Å². The number of anilines is 1. The average molecular weight is 466 g/mol. The molecule has 0 aliphatic carbocycles. The standard InChI is InChI=1S/C19H14BrClN2O3S/c1-11-22-17(10-27-11)12-3-2-4-14(7-12)23-18(24)9-26-19(25)15-8-13(20)5-6-16(15)21/h2-8,10H,9H2,1H3,(H,23,24). The predicted molar refractivity (Wildman–Crippen MR) is 110 cm³/mol. The van der Waals surface area contributed by atoms with Crippen LogP contribution >= 0.6 is 38.9 Å². The maximum atomic E-state index is 12.1. The maximum Gasteiger partial charge on any atom is 0.340 e. The van der Waals surface area contributed by atoms with Crippen molar-refractivity contribution in [3.8, 4) is 11.3 Å². The molecule has 0 saturated carbocycles. The highest BCUT2D eigenvalue weighted by molar-refractivity contribution is 9.10. The Morgan fingerprint density at radius 2 is 2.07 bits per heavy atom. The summed E-state index contributed by atoms with van der Waals surface area (Å²) in [6.07, 6.45) is 0. The molecule has 1 N–H and O–H groups in total. The van der Waals surface area contributed by atoms with Gasteiger partial charge in [-0.15, -0.1) is 11.3 Å². The van der Waals surface area contributed by atoms with Gasteiger partial charge in [-0.1, -0.05) is 39.7 Å². The molecule has 27 heavy (non-hydrogen) atoms. The van der Waals surface area contributed by atoms with Gasteiger partial charge in [0.2, 0.25) is 0 Å². The number of hydrogen-bond acceptors (Lipinski definition) is 5. The van der Waals surface area contributed by atoms with E-state index in [4.69, 9.17) is 16.3 Å². The topological polar surface area (TPSA) is 68.3 Å². The number of carbonyl (C=O) groups is 2. The largest absolute Gasteiger partial charge is 0.452 e. The van der Waals surface area contributed by atoms with Crippen molar-refractivity contribution in [2.45, 2.75) is 6.92 Å². The Hall–Kier alpha value is -2.22. The Morgan fingerprint density at radius 3 is 2.81 bits per heavy atom. The maximum absolute atomic E-state index is 12.1. The van der Waals surface area contributed by atoms with E-state index in [1.54, 1.807) is 35.6 Å². The highest BCUT2D eigenvalue weighted by Gasteiger charge is 2.14. The van der Waals surface area contributed by atoms with Crippen molar-refractivity contribution in [2.75, 3.05) is 11.9 Å². The summed E-state index contributed by atoms with van der Waals surface area (Å²) in [7, 11) is 0. The lowest BCUT2D eigenvalue weighted by Crippen LogP contribution is -2.21. The van der Waals surface area contributed by atoms with Crippen molar-refractivity contribution in [1.82, 2.24) is 4.98 Å². The smallest absolute Gasteiger partial charge is 0.340 e. The molecule has 0 fully saturated rings. The summed E-state index contributed by atoms with van der Waals surface area (Å²) >= 11 is 10.8. The molecule has 0 aliphatic rings. The van der Waals surface area contributed by atoms with Crippen LogP contribution in [0.25, 0.3) is 11.3 Å². The van der Waals surface area contributed by atoms with Gasteiger partial charge >= 0.3 is 5.97 Å². The summed E-state index contributed by atoms with van der Waals surface area (Å²) in [6.45, 7) is 1.52. The van der Waals surface area contributed by atoms with Gasteiger partial charge in [0.1, 0.15) is 0 Å². The number of carbonyl (C=O) groups excluding carboxylic acids is 2. The minimum Gasteiger partial charge on any atom is -0.452 e. The zero-order valence-electron chi connectivity index (χ0n) is 14.2. The minimum absolute atomic E-state index is 0.194. The van der Waals surface area contributed by atoms with Crippen molar-refractivity contribution >= 4 is 56.4 Å². The number of ether oxygens (including phenoxy) is 1. The average Bonchev–Trinajstić information content (AvgIpc) is 3.08. The van der Waals surface area contributed by atoms with Crippen LogP contribution in [0, 0.1) is 6.92 Å². The zero-order chi connectivity index (χ0) is 19.4. The van der Waals surface area contributed by atoms with Crippen LogP contribution in [0.4, 0.5) is 5.69 Å². The van der Waals surface area contributed by atoms with Gasteiger partial charge in [0.15, 0.2) is 6.61 Å². The number of nitrogens with one attached hydrogen (secondary N) is 1. The summed E-state index contributed by atoms with van der Waals surface area (Å²) in [5.74, 6) is -1.11. The molecule has 0 radical (unpaired) electrons.